The number of nitrogens with zero attached hydrogens (tertiary/aromatic N) is 1. The molecule has 2 rings (SSSR count). The summed E-state index contributed by atoms with van der Waals surface area (Å²) in [6, 6.07) is 8.78. The van der Waals surface area contributed by atoms with Gasteiger partial charge in [0.05, 0.1) is 12.7 Å². The number of benzene rings is 2. The molecule has 0 radical (unpaired) electrons. The van der Waals surface area contributed by atoms with Gasteiger partial charge in [0, 0.05) is 13.6 Å². The molecule has 0 fully saturated rings. The Morgan fingerprint density at radius 2 is 1.92 bits per heavy atom. The van der Waals surface area contributed by atoms with Crippen molar-refractivity contribution in [2.75, 3.05) is 20.8 Å². The quantitative estimate of drug-likeness (QED) is 0.801. The van der Waals surface area contributed by atoms with Crippen molar-refractivity contribution < 1.29 is 28.6 Å². The summed E-state index contributed by atoms with van der Waals surface area (Å²) >= 11 is 0. The molecule has 0 unspecified atom stereocenters. The molecular formula is C19H20FNO5. The maximum atomic E-state index is 13.7. The molecule has 0 bridgehead atoms. The first-order valence-corrected chi connectivity index (χ1v) is 7.85. The van der Waals surface area contributed by atoms with Crippen molar-refractivity contribution in [1.29, 1.82) is 0 Å². The largest absolute Gasteiger partial charge is 0.508 e. The number of methoxy groups -OCH3 is 1. The number of rotatable bonds is 6. The van der Waals surface area contributed by atoms with E-state index in [1.54, 1.807) is 19.1 Å². The Kier molecular flexibility index (Phi) is 6.16. The summed E-state index contributed by atoms with van der Waals surface area (Å²) < 4.78 is 23.5. The van der Waals surface area contributed by atoms with Crippen LogP contribution in [0.5, 0.6) is 11.5 Å². The molecule has 138 valence electrons. The van der Waals surface area contributed by atoms with Crippen molar-refractivity contribution >= 4 is 11.9 Å². The minimum atomic E-state index is -0.711. The van der Waals surface area contributed by atoms with Gasteiger partial charge in [-0.1, -0.05) is 12.1 Å². The van der Waals surface area contributed by atoms with Crippen LogP contribution in [0.15, 0.2) is 36.4 Å². The SMILES string of the molecule is COc1ccc(CN(C)C(=O)COC(=O)c2ccc(C)c(O)c2)cc1F. The van der Waals surface area contributed by atoms with Crippen molar-refractivity contribution in [3.63, 3.8) is 0 Å². The lowest BCUT2D eigenvalue weighted by atomic mass is 10.1. The molecule has 0 aliphatic carbocycles. The highest BCUT2D eigenvalue weighted by Crippen LogP contribution is 2.19. The summed E-state index contributed by atoms with van der Waals surface area (Å²) in [6.07, 6.45) is 0. The summed E-state index contributed by atoms with van der Waals surface area (Å²) in [5.74, 6) is -1.57. The number of carbonyl (C=O) groups is 2. The van der Waals surface area contributed by atoms with E-state index in [1.165, 1.54) is 43.3 Å². The zero-order chi connectivity index (χ0) is 19.3. The molecule has 0 saturated heterocycles. The molecule has 2 aromatic carbocycles. The first-order chi connectivity index (χ1) is 12.3. The molecule has 0 spiro atoms. The third-order valence-corrected chi connectivity index (χ3v) is 3.83. The second-order valence-electron chi connectivity index (χ2n) is 5.80. The molecule has 26 heavy (non-hydrogen) atoms. The van der Waals surface area contributed by atoms with E-state index in [-0.39, 0.29) is 23.6 Å². The molecule has 0 aliphatic rings. The summed E-state index contributed by atoms with van der Waals surface area (Å²) in [7, 11) is 2.89. The van der Waals surface area contributed by atoms with Gasteiger partial charge in [0.15, 0.2) is 18.2 Å². The van der Waals surface area contributed by atoms with E-state index in [4.69, 9.17) is 9.47 Å². The topological polar surface area (TPSA) is 76.1 Å². The van der Waals surface area contributed by atoms with Gasteiger partial charge in [-0.15, -0.1) is 0 Å². The van der Waals surface area contributed by atoms with Gasteiger partial charge in [-0.3, -0.25) is 4.79 Å². The van der Waals surface area contributed by atoms with E-state index in [2.05, 4.69) is 0 Å². The van der Waals surface area contributed by atoms with Crippen LogP contribution in [-0.2, 0) is 16.1 Å². The van der Waals surface area contributed by atoms with E-state index in [0.717, 1.165) is 0 Å². The highest BCUT2D eigenvalue weighted by Gasteiger charge is 2.15. The maximum Gasteiger partial charge on any atom is 0.338 e. The lowest BCUT2D eigenvalue weighted by Gasteiger charge is -2.17. The third kappa shape index (κ3) is 4.72. The zero-order valence-electron chi connectivity index (χ0n) is 14.8. The van der Waals surface area contributed by atoms with Crippen molar-refractivity contribution in [1.82, 2.24) is 4.90 Å². The van der Waals surface area contributed by atoms with Crippen molar-refractivity contribution in [3.05, 3.63) is 58.9 Å². The summed E-state index contributed by atoms with van der Waals surface area (Å²) in [5, 5.41) is 9.62. The van der Waals surface area contributed by atoms with Gasteiger partial charge in [0.25, 0.3) is 5.91 Å². The number of phenolic OH excluding ortho intramolecular Hbond substituents is 1. The fourth-order valence-electron chi connectivity index (χ4n) is 2.23. The molecule has 0 atom stereocenters. The highest BCUT2D eigenvalue weighted by atomic mass is 19.1. The minimum absolute atomic E-state index is 0.0237. The maximum absolute atomic E-state index is 13.7. The minimum Gasteiger partial charge on any atom is -0.508 e. The Morgan fingerprint density at radius 3 is 2.54 bits per heavy atom. The summed E-state index contributed by atoms with van der Waals surface area (Å²) in [6.45, 7) is 1.40. The highest BCUT2D eigenvalue weighted by molar-refractivity contribution is 5.91. The lowest BCUT2D eigenvalue weighted by Crippen LogP contribution is -2.30. The first-order valence-electron chi connectivity index (χ1n) is 7.85. The van der Waals surface area contributed by atoms with Crippen LogP contribution in [0.4, 0.5) is 4.39 Å². The van der Waals surface area contributed by atoms with Gasteiger partial charge in [-0.25, -0.2) is 9.18 Å². The Hall–Kier alpha value is -3.09. The number of aryl methyl sites for hydroxylation is 1. The number of likely N-dealkylation sites (N-methyl/N-ethyl adjacent to an activating group) is 1. The smallest absolute Gasteiger partial charge is 0.338 e. The van der Waals surface area contributed by atoms with Crippen LogP contribution in [0.25, 0.3) is 0 Å². The number of hydrogen-bond donors (Lipinski definition) is 1. The molecule has 1 N–H and O–H groups in total. The summed E-state index contributed by atoms with van der Waals surface area (Å²) in [5.41, 5.74) is 1.36. The predicted molar refractivity (Wildman–Crippen MR) is 92.6 cm³/mol. The molecule has 0 aromatic heterocycles. The van der Waals surface area contributed by atoms with Crippen LogP contribution < -0.4 is 4.74 Å². The lowest BCUT2D eigenvalue weighted by molar-refractivity contribution is -0.133. The number of amides is 1. The van der Waals surface area contributed by atoms with Crippen molar-refractivity contribution in [3.8, 4) is 11.5 Å². The number of ether oxygens (including phenoxy) is 2. The number of halogens is 1. The normalized spacial score (nSPS) is 10.3. The molecule has 7 heteroatoms. The van der Waals surface area contributed by atoms with Gasteiger partial charge in [0.1, 0.15) is 5.75 Å². The Morgan fingerprint density at radius 1 is 1.19 bits per heavy atom. The Balaban J connectivity index is 1.91. The van der Waals surface area contributed by atoms with E-state index >= 15 is 0 Å². The average Bonchev–Trinajstić information content (AvgIpc) is 2.61. The summed E-state index contributed by atoms with van der Waals surface area (Å²) in [4.78, 5) is 25.4. The van der Waals surface area contributed by atoms with Crippen LogP contribution in [0, 0.1) is 12.7 Å². The number of esters is 1. The van der Waals surface area contributed by atoms with E-state index < -0.39 is 24.3 Å². The molecular weight excluding hydrogens is 341 g/mol. The van der Waals surface area contributed by atoms with Crippen LogP contribution >= 0.6 is 0 Å². The van der Waals surface area contributed by atoms with Crippen LogP contribution in [-0.4, -0.2) is 42.6 Å². The van der Waals surface area contributed by atoms with Gasteiger partial charge < -0.3 is 19.5 Å². The Labute approximate surface area is 150 Å². The van der Waals surface area contributed by atoms with Crippen molar-refractivity contribution in [2.24, 2.45) is 0 Å². The van der Waals surface area contributed by atoms with Crippen molar-refractivity contribution in [2.45, 2.75) is 13.5 Å². The zero-order valence-corrected chi connectivity index (χ0v) is 14.8. The van der Waals surface area contributed by atoms with Gasteiger partial charge in [-0.05, 0) is 42.3 Å². The fourth-order valence-corrected chi connectivity index (χ4v) is 2.23. The molecule has 0 heterocycles. The third-order valence-electron chi connectivity index (χ3n) is 3.83. The number of aromatic hydroxyl groups is 1. The van der Waals surface area contributed by atoms with Gasteiger partial charge in [-0.2, -0.15) is 0 Å². The molecule has 1 amide bonds. The van der Waals surface area contributed by atoms with Crippen LogP contribution in [0.3, 0.4) is 0 Å². The molecule has 0 aliphatic heterocycles. The monoisotopic (exact) mass is 361 g/mol. The number of carbonyl (C=O) groups excluding carboxylic acids is 2. The predicted octanol–water partition coefficient (Wildman–Crippen LogP) is 2.66. The van der Waals surface area contributed by atoms with E-state index in [0.29, 0.717) is 11.1 Å². The standard InChI is InChI=1S/C19H20FNO5/c1-12-4-6-14(9-16(12)22)19(24)26-11-18(23)21(2)10-13-5-7-17(25-3)15(20)8-13/h4-9,22H,10-11H2,1-3H3. The number of phenols is 1. The number of hydrogen-bond acceptors (Lipinski definition) is 5. The fraction of sp³-hybridized carbons (Fsp3) is 0.263. The van der Waals surface area contributed by atoms with E-state index in [9.17, 15) is 19.1 Å². The van der Waals surface area contributed by atoms with Gasteiger partial charge in [0.2, 0.25) is 0 Å². The first kappa shape index (κ1) is 19.2. The second-order valence-corrected chi connectivity index (χ2v) is 5.80. The molecule has 0 saturated carbocycles. The van der Waals surface area contributed by atoms with Crippen LogP contribution in [0.2, 0.25) is 0 Å². The second kappa shape index (κ2) is 8.33. The average molecular weight is 361 g/mol. The Bertz CT molecular complexity index is 822. The van der Waals surface area contributed by atoms with Crippen LogP contribution in [0.1, 0.15) is 21.5 Å². The van der Waals surface area contributed by atoms with E-state index in [1.807, 2.05) is 0 Å². The molecule has 2 aromatic rings. The van der Waals surface area contributed by atoms with Gasteiger partial charge >= 0.3 is 5.97 Å². The molecule has 6 nitrogen and oxygen atoms in total.